The van der Waals surface area contributed by atoms with Gasteiger partial charge in [-0.1, -0.05) is 18.2 Å². The predicted molar refractivity (Wildman–Crippen MR) is 79.8 cm³/mol. The van der Waals surface area contributed by atoms with E-state index in [1.54, 1.807) is 22.5 Å². The number of rotatable bonds is 1. The van der Waals surface area contributed by atoms with E-state index in [1.165, 1.54) is 48.2 Å². The Morgan fingerprint density at radius 2 is 2.00 bits per heavy atom. The number of thiazole rings is 1. The second kappa shape index (κ2) is 4.34. The van der Waals surface area contributed by atoms with Crippen LogP contribution in [0.4, 0.5) is 5.13 Å². The fraction of sp³-hybridized carbons (Fsp3) is 0.438. The first-order valence-corrected chi connectivity index (χ1v) is 7.99. The maximum Gasteiger partial charge on any atom is 0.180 e. The van der Waals surface area contributed by atoms with E-state index in [1.807, 2.05) is 0 Å². The molecule has 0 spiro atoms. The van der Waals surface area contributed by atoms with Crippen LogP contribution in [0.1, 0.15) is 52.4 Å². The summed E-state index contributed by atoms with van der Waals surface area (Å²) < 4.78 is 0. The molecule has 1 unspecified atom stereocenters. The van der Waals surface area contributed by atoms with Crippen molar-refractivity contribution in [3.05, 3.63) is 45.5 Å². The lowest BCUT2D eigenvalue weighted by molar-refractivity contribution is 0.617. The maximum absolute atomic E-state index is 5.90. The molecule has 1 aromatic heterocycles. The van der Waals surface area contributed by atoms with Gasteiger partial charge in [0.2, 0.25) is 0 Å². The first-order chi connectivity index (χ1) is 9.31. The molecule has 2 nitrogen and oxygen atoms in total. The molecule has 0 fully saturated rings. The molecule has 19 heavy (non-hydrogen) atoms. The zero-order chi connectivity index (χ0) is 12.8. The molecule has 1 aromatic carbocycles. The smallest absolute Gasteiger partial charge is 0.180 e. The van der Waals surface area contributed by atoms with E-state index >= 15 is 0 Å². The van der Waals surface area contributed by atoms with Crippen molar-refractivity contribution in [2.24, 2.45) is 0 Å². The molecule has 2 aromatic rings. The molecule has 2 N–H and O–H groups in total. The minimum Gasteiger partial charge on any atom is -0.375 e. The van der Waals surface area contributed by atoms with Gasteiger partial charge in [-0.3, -0.25) is 0 Å². The van der Waals surface area contributed by atoms with Crippen LogP contribution in [0, 0.1) is 0 Å². The molecule has 0 amide bonds. The summed E-state index contributed by atoms with van der Waals surface area (Å²) in [5.74, 6) is 0.532. The Kier molecular flexibility index (Phi) is 2.62. The zero-order valence-electron chi connectivity index (χ0n) is 11.0. The quantitative estimate of drug-likeness (QED) is 0.858. The van der Waals surface area contributed by atoms with Gasteiger partial charge in [-0.25, -0.2) is 4.98 Å². The van der Waals surface area contributed by atoms with Gasteiger partial charge in [0, 0.05) is 10.8 Å². The van der Waals surface area contributed by atoms with Crippen LogP contribution in [0.2, 0.25) is 0 Å². The van der Waals surface area contributed by atoms with Crippen molar-refractivity contribution < 1.29 is 0 Å². The average Bonchev–Trinajstić information content (AvgIpc) is 3.01. The van der Waals surface area contributed by atoms with Crippen LogP contribution in [0.15, 0.2) is 18.2 Å². The molecule has 4 rings (SSSR count). The van der Waals surface area contributed by atoms with Crippen LogP contribution in [0.25, 0.3) is 0 Å². The molecule has 0 radical (unpaired) electrons. The van der Waals surface area contributed by atoms with E-state index in [0.717, 1.165) is 11.6 Å². The average molecular weight is 270 g/mol. The largest absolute Gasteiger partial charge is 0.375 e. The summed E-state index contributed by atoms with van der Waals surface area (Å²) in [5, 5.41) is 0.734. The predicted octanol–water partition coefficient (Wildman–Crippen LogP) is 3.68. The molecular weight excluding hydrogens is 252 g/mol. The number of nitrogens with zero attached hydrogens (tertiary/aromatic N) is 1. The highest BCUT2D eigenvalue weighted by Gasteiger charge is 2.26. The highest BCUT2D eigenvalue weighted by Crippen LogP contribution is 2.41. The number of hydrogen-bond acceptors (Lipinski definition) is 3. The Balaban J connectivity index is 1.77. The van der Waals surface area contributed by atoms with Crippen LogP contribution in [-0.2, 0) is 19.3 Å². The van der Waals surface area contributed by atoms with Gasteiger partial charge in [0.15, 0.2) is 5.13 Å². The molecule has 1 atom stereocenters. The van der Waals surface area contributed by atoms with Crippen molar-refractivity contribution in [2.75, 3.05) is 5.73 Å². The molecule has 2 aliphatic carbocycles. The van der Waals surface area contributed by atoms with Gasteiger partial charge < -0.3 is 5.73 Å². The fourth-order valence-electron chi connectivity index (χ4n) is 3.57. The van der Waals surface area contributed by atoms with Crippen LogP contribution in [-0.4, -0.2) is 4.98 Å². The summed E-state index contributed by atoms with van der Waals surface area (Å²) in [6.07, 6.45) is 7.42. The van der Waals surface area contributed by atoms with Gasteiger partial charge in [0.05, 0.1) is 5.69 Å². The van der Waals surface area contributed by atoms with E-state index < -0.39 is 0 Å². The number of benzene rings is 1. The monoisotopic (exact) mass is 270 g/mol. The molecular formula is C16H18N2S. The van der Waals surface area contributed by atoms with Crippen LogP contribution >= 0.6 is 11.3 Å². The summed E-state index contributed by atoms with van der Waals surface area (Å²) >= 11 is 1.69. The lowest BCUT2D eigenvalue weighted by atomic mass is 9.85. The lowest BCUT2D eigenvalue weighted by Crippen LogP contribution is -2.09. The van der Waals surface area contributed by atoms with Crippen LogP contribution in [0.5, 0.6) is 0 Å². The molecule has 98 valence electrons. The minimum atomic E-state index is 0.532. The highest BCUT2D eigenvalue weighted by molar-refractivity contribution is 7.15. The molecule has 3 heteroatoms. The Morgan fingerprint density at radius 3 is 2.95 bits per heavy atom. The lowest BCUT2D eigenvalue weighted by Gasteiger charge is -2.22. The maximum atomic E-state index is 5.90. The summed E-state index contributed by atoms with van der Waals surface area (Å²) in [4.78, 5) is 5.91. The Morgan fingerprint density at radius 1 is 1.11 bits per heavy atom. The van der Waals surface area contributed by atoms with Gasteiger partial charge in [0.1, 0.15) is 0 Å². The normalized spacial score (nSPS) is 21.2. The number of aryl methyl sites for hydroxylation is 3. The summed E-state index contributed by atoms with van der Waals surface area (Å²) in [6.45, 7) is 0. The zero-order valence-corrected chi connectivity index (χ0v) is 11.8. The van der Waals surface area contributed by atoms with Crippen molar-refractivity contribution in [2.45, 2.75) is 44.4 Å². The Hall–Kier alpha value is -1.35. The second-order valence-electron chi connectivity index (χ2n) is 5.69. The first kappa shape index (κ1) is 11.5. The van der Waals surface area contributed by atoms with Gasteiger partial charge in [0.25, 0.3) is 0 Å². The number of anilines is 1. The molecule has 0 saturated heterocycles. The third-order valence-electron chi connectivity index (χ3n) is 4.49. The van der Waals surface area contributed by atoms with Crippen molar-refractivity contribution in [3.63, 3.8) is 0 Å². The van der Waals surface area contributed by atoms with Crippen molar-refractivity contribution >= 4 is 16.5 Å². The molecule has 1 heterocycles. The molecule has 0 bridgehead atoms. The van der Waals surface area contributed by atoms with E-state index in [2.05, 4.69) is 23.2 Å². The van der Waals surface area contributed by atoms with Crippen molar-refractivity contribution in [3.8, 4) is 0 Å². The van der Waals surface area contributed by atoms with E-state index in [9.17, 15) is 0 Å². The fourth-order valence-corrected chi connectivity index (χ4v) is 4.61. The van der Waals surface area contributed by atoms with Crippen LogP contribution < -0.4 is 5.73 Å². The van der Waals surface area contributed by atoms with Gasteiger partial charge in [-0.2, -0.15) is 0 Å². The molecule has 0 aliphatic heterocycles. The second-order valence-corrected chi connectivity index (χ2v) is 6.75. The topological polar surface area (TPSA) is 38.9 Å². The molecule has 0 saturated carbocycles. The van der Waals surface area contributed by atoms with Crippen LogP contribution in [0.3, 0.4) is 0 Å². The molecule has 2 aliphatic rings. The van der Waals surface area contributed by atoms with Gasteiger partial charge in [-0.05, 0) is 55.2 Å². The number of fused-ring (bicyclic) bond motifs is 2. The SMILES string of the molecule is Nc1nc2c(s1)C(c1ccc3c(c1)CCC3)CCC2. The van der Waals surface area contributed by atoms with Crippen molar-refractivity contribution in [1.82, 2.24) is 4.98 Å². The van der Waals surface area contributed by atoms with Gasteiger partial charge >= 0.3 is 0 Å². The third-order valence-corrected chi connectivity index (χ3v) is 5.53. The number of nitrogens with two attached hydrogens (primary N) is 1. The van der Waals surface area contributed by atoms with E-state index in [-0.39, 0.29) is 0 Å². The summed E-state index contributed by atoms with van der Waals surface area (Å²) in [7, 11) is 0. The number of nitrogen functional groups attached to an aromatic ring is 1. The first-order valence-electron chi connectivity index (χ1n) is 7.18. The Bertz CT molecular complexity index is 630. The van der Waals surface area contributed by atoms with E-state index in [4.69, 9.17) is 5.73 Å². The van der Waals surface area contributed by atoms with E-state index in [0.29, 0.717) is 5.92 Å². The standard InChI is InChI=1S/C16H18N2S/c17-16-18-14-6-2-5-13(15(14)19-16)12-8-7-10-3-1-4-11(10)9-12/h7-9,13H,1-6H2,(H2,17,18). The third kappa shape index (κ3) is 1.88. The number of hydrogen-bond donors (Lipinski definition) is 1. The van der Waals surface area contributed by atoms with Gasteiger partial charge in [-0.15, -0.1) is 11.3 Å². The van der Waals surface area contributed by atoms with Crippen molar-refractivity contribution in [1.29, 1.82) is 0 Å². The number of aromatic nitrogens is 1. The highest BCUT2D eigenvalue weighted by atomic mass is 32.1. The minimum absolute atomic E-state index is 0.532. The Labute approximate surface area is 117 Å². The summed E-state index contributed by atoms with van der Waals surface area (Å²) in [6, 6.07) is 7.12. The summed E-state index contributed by atoms with van der Waals surface area (Å²) in [5.41, 5.74) is 11.8.